The summed E-state index contributed by atoms with van der Waals surface area (Å²) in [5, 5.41) is 0.971. The van der Waals surface area contributed by atoms with Gasteiger partial charge in [0.25, 0.3) is 0 Å². The first-order chi connectivity index (χ1) is 11.2. The van der Waals surface area contributed by atoms with Gasteiger partial charge in [-0.05, 0) is 24.3 Å². The molecule has 2 aromatic carbocycles. The minimum atomic E-state index is -0.335. The van der Waals surface area contributed by atoms with Crippen molar-refractivity contribution in [3.05, 3.63) is 70.8 Å². The third-order valence-electron chi connectivity index (χ3n) is 5.09. The summed E-state index contributed by atoms with van der Waals surface area (Å²) >= 11 is 0. The van der Waals surface area contributed by atoms with Gasteiger partial charge >= 0.3 is 5.76 Å². The summed E-state index contributed by atoms with van der Waals surface area (Å²) in [6.07, 6.45) is 6.69. The number of benzene rings is 2. The maximum Gasteiger partial charge on any atom is 0.608 e. The van der Waals surface area contributed by atoms with Crippen molar-refractivity contribution in [3.8, 4) is 5.69 Å². The first kappa shape index (κ1) is 14.2. The highest BCUT2D eigenvalue weighted by Gasteiger charge is 2.33. The van der Waals surface area contributed by atoms with Crippen LogP contribution in [0.5, 0.6) is 0 Å². The van der Waals surface area contributed by atoms with Gasteiger partial charge in [-0.25, -0.2) is 0 Å². The molecule has 0 unspecified atom stereocenters. The van der Waals surface area contributed by atoms with Crippen molar-refractivity contribution in [2.75, 3.05) is 0 Å². The topological polar surface area (TPSA) is 34.1 Å². The van der Waals surface area contributed by atoms with E-state index >= 15 is 0 Å². The van der Waals surface area contributed by atoms with E-state index in [2.05, 4.69) is 19.1 Å². The lowest BCUT2D eigenvalue weighted by Crippen LogP contribution is -2.46. The number of hydrogen-bond donors (Lipinski definition) is 0. The molecule has 116 valence electrons. The van der Waals surface area contributed by atoms with Gasteiger partial charge in [0.2, 0.25) is 5.69 Å². The van der Waals surface area contributed by atoms with Crippen molar-refractivity contribution in [1.29, 1.82) is 0 Å². The normalized spacial score (nSPS) is 16.7. The van der Waals surface area contributed by atoms with E-state index in [0.717, 1.165) is 29.5 Å². The fraction of sp³-hybridized carbons (Fsp3) is 0.300. The van der Waals surface area contributed by atoms with E-state index in [-0.39, 0.29) is 11.2 Å². The van der Waals surface area contributed by atoms with Crippen molar-refractivity contribution in [3.63, 3.8) is 0 Å². The quantitative estimate of drug-likeness (QED) is 0.673. The summed E-state index contributed by atoms with van der Waals surface area (Å²) in [6.45, 7) is 2.28. The number of hydrogen-bond acceptors (Lipinski definition) is 2. The largest absolute Gasteiger partial charge is 0.608 e. The van der Waals surface area contributed by atoms with Crippen LogP contribution in [-0.4, -0.2) is 0 Å². The lowest BCUT2D eigenvalue weighted by atomic mass is 9.80. The number of para-hydroxylation sites is 2. The van der Waals surface area contributed by atoms with Crippen LogP contribution >= 0.6 is 0 Å². The molecule has 0 N–H and O–H groups in total. The molecule has 4 rings (SSSR count). The SMILES string of the molecule is CC1(c2cccc3c[n+](-c4ccccc4)c(=O)oc23)CCCC1. The van der Waals surface area contributed by atoms with Crippen LogP contribution in [0.4, 0.5) is 0 Å². The van der Waals surface area contributed by atoms with E-state index in [0.29, 0.717) is 0 Å². The van der Waals surface area contributed by atoms with E-state index in [1.807, 2.05) is 42.6 Å². The average molecular weight is 306 g/mol. The van der Waals surface area contributed by atoms with E-state index < -0.39 is 0 Å². The Hall–Kier alpha value is -2.42. The van der Waals surface area contributed by atoms with Gasteiger partial charge in [0.1, 0.15) is 0 Å². The number of rotatable bonds is 2. The second-order valence-electron chi connectivity index (χ2n) is 6.69. The Morgan fingerprint density at radius 3 is 2.48 bits per heavy atom. The number of fused-ring (bicyclic) bond motifs is 1. The Balaban J connectivity index is 1.94. The highest BCUT2D eigenvalue weighted by Crippen LogP contribution is 2.42. The molecule has 23 heavy (non-hydrogen) atoms. The van der Waals surface area contributed by atoms with Gasteiger partial charge in [-0.1, -0.05) is 54.7 Å². The zero-order valence-electron chi connectivity index (χ0n) is 13.3. The molecule has 0 amide bonds. The van der Waals surface area contributed by atoms with Crippen LogP contribution in [0.3, 0.4) is 0 Å². The Morgan fingerprint density at radius 2 is 1.74 bits per heavy atom. The van der Waals surface area contributed by atoms with Crippen LogP contribution in [0.2, 0.25) is 0 Å². The predicted octanol–water partition coefficient (Wildman–Crippen LogP) is 3.90. The van der Waals surface area contributed by atoms with Crippen LogP contribution in [-0.2, 0) is 5.41 Å². The minimum Gasteiger partial charge on any atom is -0.371 e. The molecule has 0 bridgehead atoms. The fourth-order valence-electron chi connectivity index (χ4n) is 3.77. The number of aromatic nitrogens is 1. The summed E-state index contributed by atoms with van der Waals surface area (Å²) < 4.78 is 7.34. The molecule has 0 atom stereocenters. The lowest BCUT2D eigenvalue weighted by molar-refractivity contribution is -0.623. The first-order valence-corrected chi connectivity index (χ1v) is 8.22. The number of nitrogens with zero attached hydrogens (tertiary/aromatic N) is 1. The Labute approximate surface area is 135 Å². The van der Waals surface area contributed by atoms with E-state index in [1.165, 1.54) is 18.4 Å². The third kappa shape index (κ3) is 2.37. The molecule has 1 aliphatic carbocycles. The van der Waals surface area contributed by atoms with E-state index in [9.17, 15) is 4.79 Å². The first-order valence-electron chi connectivity index (χ1n) is 8.22. The second-order valence-corrected chi connectivity index (χ2v) is 6.69. The maximum absolute atomic E-state index is 12.5. The van der Waals surface area contributed by atoms with Crippen molar-refractivity contribution < 1.29 is 8.98 Å². The summed E-state index contributed by atoms with van der Waals surface area (Å²) in [7, 11) is 0. The van der Waals surface area contributed by atoms with Crippen molar-refractivity contribution in [2.24, 2.45) is 0 Å². The average Bonchev–Trinajstić information content (AvgIpc) is 3.02. The molecule has 0 spiro atoms. The molecule has 0 aliphatic heterocycles. The molecule has 3 nitrogen and oxygen atoms in total. The van der Waals surface area contributed by atoms with E-state index in [4.69, 9.17) is 4.42 Å². The highest BCUT2D eigenvalue weighted by atomic mass is 16.4. The Bertz CT molecular complexity index is 906. The fourth-order valence-corrected chi connectivity index (χ4v) is 3.77. The molecule has 0 saturated heterocycles. The van der Waals surface area contributed by atoms with Crippen molar-refractivity contribution in [2.45, 2.75) is 38.0 Å². The van der Waals surface area contributed by atoms with Gasteiger partial charge in [0.05, 0.1) is 5.39 Å². The summed E-state index contributed by atoms with van der Waals surface area (Å²) in [4.78, 5) is 12.5. The standard InChI is InChI=1S/C20H20NO2/c1-20(12-5-6-13-20)17-11-7-8-15-14-21(19(22)23-18(15)17)16-9-3-2-4-10-16/h2-4,7-11,14H,5-6,12-13H2,1H3/q+1. The molecular weight excluding hydrogens is 286 g/mol. The second kappa shape index (κ2) is 5.34. The van der Waals surface area contributed by atoms with Crippen LogP contribution in [0, 0.1) is 0 Å². The van der Waals surface area contributed by atoms with Gasteiger partial charge in [0.15, 0.2) is 11.8 Å². The molecule has 1 fully saturated rings. The predicted molar refractivity (Wildman–Crippen MR) is 89.8 cm³/mol. The molecule has 3 aromatic rings. The van der Waals surface area contributed by atoms with Gasteiger partial charge in [-0.3, -0.25) is 0 Å². The third-order valence-corrected chi connectivity index (χ3v) is 5.09. The Morgan fingerprint density at radius 1 is 1.00 bits per heavy atom. The van der Waals surface area contributed by atoms with Gasteiger partial charge in [-0.15, -0.1) is 0 Å². The highest BCUT2D eigenvalue weighted by molar-refractivity contribution is 5.79. The molecule has 0 radical (unpaired) electrons. The minimum absolute atomic E-state index is 0.119. The van der Waals surface area contributed by atoms with Crippen LogP contribution in [0.15, 0.2) is 63.9 Å². The van der Waals surface area contributed by atoms with E-state index in [1.54, 1.807) is 4.57 Å². The molecule has 1 saturated carbocycles. The zero-order chi connectivity index (χ0) is 15.9. The zero-order valence-corrected chi connectivity index (χ0v) is 13.3. The Kier molecular flexibility index (Phi) is 3.29. The summed E-state index contributed by atoms with van der Waals surface area (Å²) in [6, 6.07) is 15.8. The summed E-state index contributed by atoms with van der Waals surface area (Å²) in [5.41, 5.74) is 2.86. The molecule has 1 heterocycles. The summed E-state index contributed by atoms with van der Waals surface area (Å²) in [5.74, 6) is -0.335. The molecule has 3 heteroatoms. The van der Waals surface area contributed by atoms with Crippen LogP contribution in [0.25, 0.3) is 16.7 Å². The van der Waals surface area contributed by atoms with Gasteiger partial charge in [-0.2, -0.15) is 4.79 Å². The van der Waals surface area contributed by atoms with Gasteiger partial charge < -0.3 is 4.42 Å². The monoisotopic (exact) mass is 306 g/mol. The molecule has 1 aromatic heterocycles. The maximum atomic E-state index is 12.5. The molecule has 1 aliphatic rings. The molecular formula is C20H20NO2+. The van der Waals surface area contributed by atoms with Crippen molar-refractivity contribution >= 4 is 11.0 Å². The van der Waals surface area contributed by atoms with Crippen LogP contribution < -0.4 is 10.3 Å². The van der Waals surface area contributed by atoms with Crippen LogP contribution in [0.1, 0.15) is 38.2 Å². The lowest BCUT2D eigenvalue weighted by Gasteiger charge is -2.24. The van der Waals surface area contributed by atoms with Crippen molar-refractivity contribution in [1.82, 2.24) is 0 Å². The van der Waals surface area contributed by atoms with Gasteiger partial charge in [0, 0.05) is 17.7 Å². The smallest absolute Gasteiger partial charge is 0.371 e.